The Morgan fingerprint density at radius 1 is 0.585 bits per heavy atom. The Bertz CT molecular complexity index is 2830. The number of aromatic nitrogens is 5. The molecule has 0 fully saturated rings. The molecule has 0 spiro atoms. The summed E-state index contributed by atoms with van der Waals surface area (Å²) in [5.74, 6) is 2.28. The largest absolute Gasteiger partial charge is 0.511 e. The standard InChI is InChI=1S/C46H42N5.C11H20O2.Ir/c1-44(2,3)32-19-13-28(14-20-32)41-49-42(29-15-21-33(22-16-29)45(4,5)6)51-43(50-41)31-18-24-38-39(26-31)47-27-40(48-38)30-17-23-35-34-11-9-10-12-36(34)46(7,8)37(35)25-30;1-10(2,3)8(12)7-9(13)11(4,5)6;/h9-16,18-27H,1-8H3;7,12H,1-6H3;/q-1;;/p+1/b;8-7-;. The number of hydrogen-bond acceptors (Lipinski definition) is 6. The van der Waals surface area contributed by atoms with Crippen LogP contribution in [0.25, 0.3) is 67.6 Å². The Morgan fingerprint density at radius 3 is 1.60 bits per heavy atom. The Kier molecular flexibility index (Phi) is 13.5. The molecule has 2 N–H and O–H groups in total. The molecule has 7 aromatic rings. The van der Waals surface area contributed by atoms with E-state index in [0.29, 0.717) is 17.5 Å². The van der Waals surface area contributed by atoms with E-state index in [2.05, 4.69) is 146 Å². The molecular formula is C57H63IrN5O2. The van der Waals surface area contributed by atoms with Crippen LogP contribution in [0.5, 0.6) is 0 Å². The van der Waals surface area contributed by atoms with Gasteiger partial charge in [-0.15, -0.1) is 29.3 Å². The number of benzene rings is 5. The quantitative estimate of drug-likeness (QED) is 0.0797. The van der Waals surface area contributed by atoms with Crippen LogP contribution in [-0.2, 0) is 36.4 Å². The van der Waals surface area contributed by atoms with Crippen molar-refractivity contribution in [3.05, 3.63) is 149 Å². The first kappa shape index (κ1) is 48.8. The van der Waals surface area contributed by atoms with E-state index >= 15 is 0 Å². The molecule has 0 aliphatic heterocycles. The van der Waals surface area contributed by atoms with Gasteiger partial charge in [-0.3, -0.25) is 14.8 Å². The minimum absolute atomic E-state index is 0. The minimum atomic E-state index is -0.306. The number of hydrogen-bond donors (Lipinski definition) is 1. The Morgan fingerprint density at radius 2 is 1.09 bits per heavy atom. The molecule has 0 saturated carbocycles. The monoisotopic (exact) mass is 1040 g/mol. The van der Waals surface area contributed by atoms with Crippen molar-refractivity contribution >= 4 is 16.8 Å². The summed E-state index contributed by atoms with van der Waals surface area (Å²) < 4.78 is 0. The second kappa shape index (κ2) is 17.9. The zero-order chi connectivity index (χ0) is 46.6. The summed E-state index contributed by atoms with van der Waals surface area (Å²) in [6, 6.07) is 39.6. The van der Waals surface area contributed by atoms with E-state index in [1.54, 1.807) is 0 Å². The van der Waals surface area contributed by atoms with Gasteiger partial charge in [0.1, 0.15) is 5.76 Å². The fourth-order valence-corrected chi connectivity index (χ4v) is 7.63. The molecule has 65 heavy (non-hydrogen) atoms. The van der Waals surface area contributed by atoms with Gasteiger partial charge in [-0.05, 0) is 71.9 Å². The van der Waals surface area contributed by atoms with E-state index in [9.17, 15) is 9.90 Å². The van der Waals surface area contributed by atoms with Gasteiger partial charge in [-0.2, -0.15) is 0 Å². The number of allylic oxidation sites excluding steroid dienone is 2. The fourth-order valence-electron chi connectivity index (χ4n) is 7.63. The van der Waals surface area contributed by atoms with Crippen LogP contribution in [0.2, 0.25) is 0 Å². The van der Waals surface area contributed by atoms with E-state index in [0.717, 1.165) is 39.0 Å². The predicted octanol–water partition coefficient (Wildman–Crippen LogP) is 14.2. The summed E-state index contributed by atoms with van der Waals surface area (Å²) in [4.78, 5) is 34.5. The molecule has 0 amide bonds. The Hall–Kier alpha value is -5.69. The normalized spacial score (nSPS) is 13.6. The van der Waals surface area contributed by atoms with Crippen molar-refractivity contribution in [3.63, 3.8) is 0 Å². The minimum Gasteiger partial charge on any atom is -0.511 e. The van der Waals surface area contributed by atoms with Crippen LogP contribution in [0.15, 0.2) is 121 Å². The first-order valence-electron chi connectivity index (χ1n) is 22.2. The van der Waals surface area contributed by atoms with Gasteiger partial charge >= 0.3 is 5.78 Å². The van der Waals surface area contributed by atoms with Crippen molar-refractivity contribution in [2.75, 3.05) is 0 Å². The van der Waals surface area contributed by atoms with Gasteiger partial charge in [0.2, 0.25) is 0 Å². The number of carbonyl (C=O) groups excluding carboxylic acids is 1. The molecule has 337 valence electrons. The van der Waals surface area contributed by atoms with Gasteiger partial charge in [0.05, 0.1) is 22.5 Å². The Labute approximate surface area is 399 Å². The molecule has 8 rings (SSSR count). The van der Waals surface area contributed by atoms with Crippen molar-refractivity contribution in [2.24, 2.45) is 10.8 Å². The third-order valence-electron chi connectivity index (χ3n) is 12.1. The van der Waals surface area contributed by atoms with E-state index in [4.69, 9.17) is 24.9 Å². The van der Waals surface area contributed by atoms with E-state index in [1.807, 2.05) is 65.9 Å². The fraction of sp³-hybridized carbons (Fsp3) is 0.333. The third-order valence-corrected chi connectivity index (χ3v) is 12.1. The first-order valence-corrected chi connectivity index (χ1v) is 22.2. The second-order valence-corrected chi connectivity index (χ2v) is 21.7. The molecule has 8 heteroatoms. The van der Waals surface area contributed by atoms with Crippen LogP contribution in [0.1, 0.15) is 119 Å². The van der Waals surface area contributed by atoms with Gasteiger partial charge in [-0.1, -0.05) is 160 Å². The van der Waals surface area contributed by atoms with E-state index in [1.165, 1.54) is 39.5 Å². The predicted molar refractivity (Wildman–Crippen MR) is 265 cm³/mol. The summed E-state index contributed by atoms with van der Waals surface area (Å²) in [7, 11) is 0. The van der Waals surface area contributed by atoms with Crippen LogP contribution in [0, 0.1) is 16.9 Å². The first-order chi connectivity index (χ1) is 29.8. The van der Waals surface area contributed by atoms with Crippen LogP contribution >= 0.6 is 0 Å². The average molecular weight is 1040 g/mol. The maximum Gasteiger partial charge on any atom is 0.325 e. The topological polar surface area (TPSA) is 106 Å². The number of rotatable bonds is 5. The average Bonchev–Trinajstić information content (AvgIpc) is 3.47. The molecule has 1 aliphatic carbocycles. The number of ketones is 1. The number of nitrogens with zero attached hydrogens (tertiary/aromatic N) is 5. The van der Waals surface area contributed by atoms with Crippen molar-refractivity contribution in [1.82, 2.24) is 24.9 Å². The summed E-state index contributed by atoms with van der Waals surface area (Å²) in [5, 5.41) is 9.60. The molecule has 7 nitrogen and oxygen atoms in total. The molecule has 0 atom stereocenters. The molecule has 1 radical (unpaired) electrons. The molecule has 2 heterocycles. The zero-order valence-electron chi connectivity index (χ0n) is 40.4. The van der Waals surface area contributed by atoms with Crippen molar-refractivity contribution in [1.29, 1.82) is 0 Å². The molecule has 0 unspecified atom stereocenters. The molecule has 2 aromatic heterocycles. The van der Waals surface area contributed by atoms with Crippen LogP contribution in [0.3, 0.4) is 0 Å². The van der Waals surface area contributed by atoms with Gasteiger partial charge in [-0.25, -0.2) is 15.0 Å². The smallest absolute Gasteiger partial charge is 0.325 e. The van der Waals surface area contributed by atoms with Crippen molar-refractivity contribution in [2.45, 2.75) is 113 Å². The maximum absolute atomic E-state index is 9.60. The van der Waals surface area contributed by atoms with Crippen LogP contribution in [0.4, 0.5) is 0 Å². The van der Waals surface area contributed by atoms with Gasteiger partial charge in [0.25, 0.3) is 0 Å². The Balaban J connectivity index is 0.000000437. The third kappa shape index (κ3) is 10.6. The second-order valence-electron chi connectivity index (χ2n) is 21.7. The van der Waals surface area contributed by atoms with Gasteiger partial charge in [0, 0.05) is 54.1 Å². The van der Waals surface area contributed by atoms with Gasteiger partial charge in [0.15, 0.2) is 17.5 Å². The van der Waals surface area contributed by atoms with E-state index in [-0.39, 0.29) is 58.7 Å². The van der Waals surface area contributed by atoms with Crippen LogP contribution < -0.4 is 0 Å². The summed E-state index contributed by atoms with van der Waals surface area (Å²) in [5.41, 5.74) is 13.1. The zero-order valence-corrected chi connectivity index (χ0v) is 42.8. The molecule has 0 saturated heterocycles. The number of fused-ring (bicyclic) bond motifs is 4. The summed E-state index contributed by atoms with van der Waals surface area (Å²) in [6.45, 7) is 29.3. The molecule has 1 aliphatic rings. The number of aliphatic hydroxyl groups is 1. The molecular weight excluding hydrogens is 979 g/mol. The van der Waals surface area contributed by atoms with Crippen LogP contribution in [-0.4, -0.2) is 40.6 Å². The van der Waals surface area contributed by atoms with Crippen molar-refractivity contribution in [3.8, 4) is 56.5 Å². The summed E-state index contributed by atoms with van der Waals surface area (Å²) in [6.07, 6.45) is 3.29. The van der Waals surface area contributed by atoms with E-state index < -0.39 is 0 Å². The molecule has 0 bridgehead atoms. The number of aliphatic hydroxyl groups excluding tert-OH is 1. The molecule has 5 aromatic carbocycles. The van der Waals surface area contributed by atoms with Crippen molar-refractivity contribution < 1.29 is 30.0 Å². The maximum atomic E-state index is 9.60. The SMILES string of the molecule is CC(C)(C)C(=[OH+])/C=C(\O)C(C)(C)C.CC(C)(C)c1ccc(-c2nc(-c3ccc(C(C)(C)C)cc3)nc(-c3ccc4nc(-c5[c-]cc6c(c5)C(C)(C)c5ccccc5-6)cnc4c3)n2)cc1.[Ir]. The summed E-state index contributed by atoms with van der Waals surface area (Å²) >= 11 is 0. The van der Waals surface area contributed by atoms with Gasteiger partial charge < -0.3 is 5.11 Å².